The number of benzene rings is 2. The maximum Gasteiger partial charge on any atom is 0.266 e. The summed E-state index contributed by atoms with van der Waals surface area (Å²) in [5.74, 6) is -0.191. The van der Waals surface area contributed by atoms with Gasteiger partial charge in [-0.2, -0.15) is 5.10 Å². The van der Waals surface area contributed by atoms with Gasteiger partial charge in [0.1, 0.15) is 12.4 Å². The summed E-state index contributed by atoms with van der Waals surface area (Å²) in [5.41, 5.74) is 3.22. The summed E-state index contributed by atoms with van der Waals surface area (Å²) in [6.45, 7) is 2.27. The van der Waals surface area contributed by atoms with Gasteiger partial charge in [-0.15, -0.1) is 0 Å². The van der Waals surface area contributed by atoms with Crippen molar-refractivity contribution in [1.82, 2.24) is 9.78 Å². The number of nitrogens with zero attached hydrogens (tertiary/aromatic N) is 3. The van der Waals surface area contributed by atoms with Crippen LogP contribution in [0.15, 0.2) is 54.7 Å². The largest absolute Gasteiger partial charge is 0.487 e. The maximum absolute atomic E-state index is 12.7. The quantitative estimate of drug-likeness (QED) is 0.680. The third kappa shape index (κ3) is 2.47. The monoisotopic (exact) mass is 347 g/mol. The van der Waals surface area contributed by atoms with Crippen molar-refractivity contribution < 1.29 is 14.3 Å². The van der Waals surface area contributed by atoms with Gasteiger partial charge in [-0.3, -0.25) is 14.3 Å². The second-order valence-corrected chi connectivity index (χ2v) is 6.13. The molecular weight excluding hydrogens is 330 g/mol. The van der Waals surface area contributed by atoms with Crippen molar-refractivity contribution in [2.24, 2.45) is 7.05 Å². The van der Waals surface area contributed by atoms with Crippen LogP contribution in [0.4, 0.5) is 5.69 Å². The third-order valence-corrected chi connectivity index (χ3v) is 4.62. The summed E-state index contributed by atoms with van der Waals surface area (Å²) in [6.07, 6.45) is 1.75. The van der Waals surface area contributed by atoms with Gasteiger partial charge >= 0.3 is 0 Å². The molecule has 0 N–H and O–H groups in total. The van der Waals surface area contributed by atoms with Crippen molar-refractivity contribution in [3.8, 4) is 5.75 Å². The van der Waals surface area contributed by atoms with Crippen molar-refractivity contribution in [2.45, 2.75) is 13.5 Å². The molecule has 26 heavy (non-hydrogen) atoms. The molecule has 130 valence electrons. The van der Waals surface area contributed by atoms with Gasteiger partial charge < -0.3 is 4.74 Å². The predicted octanol–water partition coefficient (Wildman–Crippen LogP) is 3.11. The van der Waals surface area contributed by atoms with Crippen LogP contribution in [0.2, 0.25) is 0 Å². The Morgan fingerprint density at radius 1 is 0.962 bits per heavy atom. The molecule has 0 radical (unpaired) electrons. The number of para-hydroxylation sites is 2. The Kier molecular flexibility index (Phi) is 3.80. The van der Waals surface area contributed by atoms with E-state index >= 15 is 0 Å². The van der Waals surface area contributed by atoms with E-state index in [0.717, 1.165) is 11.3 Å². The molecule has 0 unspecified atom stereocenters. The number of carbonyl (C=O) groups is 2. The zero-order chi connectivity index (χ0) is 18.3. The van der Waals surface area contributed by atoms with Crippen LogP contribution < -0.4 is 9.64 Å². The van der Waals surface area contributed by atoms with E-state index in [1.807, 2.05) is 20.0 Å². The van der Waals surface area contributed by atoms with Crippen LogP contribution in [0, 0.1) is 6.92 Å². The smallest absolute Gasteiger partial charge is 0.266 e. The van der Waals surface area contributed by atoms with Crippen LogP contribution >= 0.6 is 0 Å². The Hall–Kier alpha value is -3.41. The van der Waals surface area contributed by atoms with E-state index in [4.69, 9.17) is 4.74 Å². The SMILES string of the molecule is Cc1c(COc2ccccc2N2C(=O)c3ccccc3C2=O)cnn1C. The minimum atomic E-state index is -0.334. The lowest BCUT2D eigenvalue weighted by Gasteiger charge is -2.18. The molecule has 0 saturated carbocycles. The van der Waals surface area contributed by atoms with Crippen LogP contribution in [-0.4, -0.2) is 21.6 Å². The van der Waals surface area contributed by atoms with Crippen LogP contribution in [0.1, 0.15) is 32.0 Å². The molecule has 6 heteroatoms. The first-order valence-electron chi connectivity index (χ1n) is 8.25. The van der Waals surface area contributed by atoms with E-state index in [-0.39, 0.29) is 11.8 Å². The minimum absolute atomic E-state index is 0.305. The summed E-state index contributed by atoms with van der Waals surface area (Å²) >= 11 is 0. The summed E-state index contributed by atoms with van der Waals surface area (Å²) in [7, 11) is 1.87. The molecule has 0 bridgehead atoms. The number of amides is 2. The second kappa shape index (κ2) is 6.15. The van der Waals surface area contributed by atoms with E-state index in [2.05, 4.69) is 5.10 Å². The number of anilines is 1. The molecule has 6 nitrogen and oxygen atoms in total. The van der Waals surface area contributed by atoms with Crippen LogP contribution in [0.25, 0.3) is 0 Å². The van der Waals surface area contributed by atoms with Gasteiger partial charge in [0, 0.05) is 18.3 Å². The van der Waals surface area contributed by atoms with Crippen molar-refractivity contribution in [3.05, 3.63) is 77.1 Å². The first-order valence-corrected chi connectivity index (χ1v) is 8.25. The van der Waals surface area contributed by atoms with Crippen molar-refractivity contribution in [2.75, 3.05) is 4.90 Å². The van der Waals surface area contributed by atoms with Gasteiger partial charge in [0.05, 0.1) is 23.0 Å². The minimum Gasteiger partial charge on any atom is -0.487 e. The number of carbonyl (C=O) groups excluding carboxylic acids is 2. The van der Waals surface area contributed by atoms with Crippen LogP contribution in [0.3, 0.4) is 0 Å². The Bertz CT molecular complexity index is 988. The van der Waals surface area contributed by atoms with Gasteiger partial charge in [-0.1, -0.05) is 24.3 Å². The number of hydrogen-bond donors (Lipinski definition) is 0. The Morgan fingerprint density at radius 3 is 2.19 bits per heavy atom. The Morgan fingerprint density at radius 2 is 1.58 bits per heavy atom. The molecular formula is C20H17N3O3. The van der Waals surface area contributed by atoms with Crippen molar-refractivity contribution >= 4 is 17.5 Å². The summed E-state index contributed by atoms with van der Waals surface area (Å²) in [6, 6.07) is 13.9. The number of fused-ring (bicyclic) bond motifs is 1. The highest BCUT2D eigenvalue weighted by Crippen LogP contribution is 2.35. The molecule has 0 atom stereocenters. The van der Waals surface area contributed by atoms with E-state index in [1.54, 1.807) is 53.3 Å². The number of ether oxygens (including phenoxy) is 1. The average Bonchev–Trinajstić information content (AvgIpc) is 3.11. The molecule has 4 rings (SSSR count). The number of rotatable bonds is 4. The Balaban J connectivity index is 1.66. The number of aryl methyl sites for hydroxylation is 1. The lowest BCUT2D eigenvalue weighted by Crippen LogP contribution is -2.29. The molecule has 2 aromatic carbocycles. The third-order valence-electron chi connectivity index (χ3n) is 4.62. The molecule has 0 spiro atoms. The summed E-state index contributed by atoms with van der Waals surface area (Å²) in [4.78, 5) is 26.6. The number of aromatic nitrogens is 2. The molecule has 2 heterocycles. The molecule has 2 amide bonds. The fourth-order valence-corrected chi connectivity index (χ4v) is 3.01. The number of hydrogen-bond acceptors (Lipinski definition) is 4. The predicted molar refractivity (Wildman–Crippen MR) is 96.3 cm³/mol. The summed E-state index contributed by atoms with van der Waals surface area (Å²) < 4.78 is 7.70. The van der Waals surface area contributed by atoms with E-state index in [0.29, 0.717) is 29.2 Å². The van der Waals surface area contributed by atoms with Gasteiger partial charge in [0.15, 0.2) is 0 Å². The van der Waals surface area contributed by atoms with Crippen molar-refractivity contribution in [1.29, 1.82) is 0 Å². The first kappa shape index (κ1) is 16.1. The normalized spacial score (nSPS) is 13.2. The molecule has 0 fully saturated rings. The average molecular weight is 347 g/mol. The maximum atomic E-state index is 12.7. The molecule has 0 aliphatic carbocycles. The standard InChI is InChI=1S/C20H17N3O3/c1-13-14(11-21-22(13)2)12-26-18-10-6-5-9-17(18)23-19(24)15-7-3-4-8-16(15)20(23)25/h3-11H,12H2,1-2H3. The fourth-order valence-electron chi connectivity index (χ4n) is 3.01. The number of imide groups is 1. The fraction of sp³-hybridized carbons (Fsp3) is 0.150. The molecule has 1 aromatic heterocycles. The van der Waals surface area contributed by atoms with Crippen LogP contribution in [-0.2, 0) is 13.7 Å². The lowest BCUT2D eigenvalue weighted by molar-refractivity contribution is 0.0924. The van der Waals surface area contributed by atoms with Crippen LogP contribution in [0.5, 0.6) is 5.75 Å². The molecule has 1 aliphatic heterocycles. The van der Waals surface area contributed by atoms with Gasteiger partial charge in [-0.25, -0.2) is 4.90 Å². The highest BCUT2D eigenvalue weighted by molar-refractivity contribution is 6.34. The molecule has 0 saturated heterocycles. The molecule has 3 aromatic rings. The van der Waals surface area contributed by atoms with E-state index in [1.165, 1.54) is 4.90 Å². The summed E-state index contributed by atoms with van der Waals surface area (Å²) in [5, 5.41) is 4.20. The van der Waals surface area contributed by atoms with Gasteiger partial charge in [0.2, 0.25) is 0 Å². The van der Waals surface area contributed by atoms with E-state index < -0.39 is 0 Å². The van der Waals surface area contributed by atoms with E-state index in [9.17, 15) is 9.59 Å². The lowest BCUT2D eigenvalue weighted by atomic mass is 10.1. The zero-order valence-corrected chi connectivity index (χ0v) is 14.5. The van der Waals surface area contributed by atoms with Crippen molar-refractivity contribution in [3.63, 3.8) is 0 Å². The zero-order valence-electron chi connectivity index (χ0n) is 14.5. The topological polar surface area (TPSA) is 64.4 Å². The van der Waals surface area contributed by atoms with Gasteiger partial charge in [0.25, 0.3) is 11.8 Å². The Labute approximate surface area is 150 Å². The van der Waals surface area contributed by atoms with Gasteiger partial charge in [-0.05, 0) is 31.2 Å². The molecule has 1 aliphatic rings. The second-order valence-electron chi connectivity index (χ2n) is 6.13. The highest BCUT2D eigenvalue weighted by Gasteiger charge is 2.37. The highest BCUT2D eigenvalue weighted by atomic mass is 16.5. The first-order chi connectivity index (χ1) is 12.6.